The van der Waals surface area contributed by atoms with Gasteiger partial charge in [-0.3, -0.25) is 0 Å². The van der Waals surface area contributed by atoms with Crippen LogP contribution >= 0.6 is 0 Å². The van der Waals surface area contributed by atoms with E-state index in [9.17, 15) is 9.50 Å². The van der Waals surface area contributed by atoms with Crippen LogP contribution < -0.4 is 0 Å². The SMILES string of the molecule is CC(O)Cc1ccc(O)c(C(C)F)c1. The molecule has 0 bridgehead atoms. The zero-order valence-electron chi connectivity index (χ0n) is 8.37. The number of phenolic OH excluding ortho intramolecular Hbond substituents is 1. The van der Waals surface area contributed by atoms with Crippen molar-refractivity contribution < 1.29 is 14.6 Å². The maximum Gasteiger partial charge on any atom is 0.126 e. The molecule has 1 aromatic carbocycles. The predicted octanol–water partition coefficient (Wildman–Crippen LogP) is 2.35. The molecule has 0 saturated carbocycles. The summed E-state index contributed by atoms with van der Waals surface area (Å²) in [5.41, 5.74) is 1.11. The van der Waals surface area contributed by atoms with Crippen LogP contribution in [0.2, 0.25) is 0 Å². The van der Waals surface area contributed by atoms with Crippen LogP contribution in [0.4, 0.5) is 4.39 Å². The number of rotatable bonds is 3. The Balaban J connectivity index is 2.94. The van der Waals surface area contributed by atoms with Gasteiger partial charge in [-0.05, 0) is 38.0 Å². The average molecular weight is 198 g/mol. The van der Waals surface area contributed by atoms with Crippen molar-refractivity contribution in [1.82, 2.24) is 0 Å². The second kappa shape index (κ2) is 4.42. The lowest BCUT2D eigenvalue weighted by atomic mass is 10.0. The van der Waals surface area contributed by atoms with Crippen LogP contribution in [0.3, 0.4) is 0 Å². The highest BCUT2D eigenvalue weighted by molar-refractivity contribution is 5.37. The minimum absolute atomic E-state index is 0.0330. The van der Waals surface area contributed by atoms with Gasteiger partial charge >= 0.3 is 0 Å². The number of benzene rings is 1. The first-order valence-corrected chi connectivity index (χ1v) is 4.64. The van der Waals surface area contributed by atoms with Gasteiger partial charge in [0.25, 0.3) is 0 Å². The molecule has 14 heavy (non-hydrogen) atoms. The molecule has 3 heteroatoms. The average Bonchev–Trinajstić information content (AvgIpc) is 2.07. The Bertz CT molecular complexity index is 308. The molecule has 0 fully saturated rings. The van der Waals surface area contributed by atoms with Crippen molar-refractivity contribution in [3.8, 4) is 5.75 Å². The summed E-state index contributed by atoms with van der Waals surface area (Å²) in [5.74, 6) is -0.0330. The molecule has 2 nitrogen and oxygen atoms in total. The maximum absolute atomic E-state index is 13.0. The lowest BCUT2D eigenvalue weighted by Gasteiger charge is -2.09. The van der Waals surface area contributed by atoms with Gasteiger partial charge in [-0.25, -0.2) is 4.39 Å². The predicted molar refractivity (Wildman–Crippen MR) is 53.0 cm³/mol. The number of halogens is 1. The first-order valence-electron chi connectivity index (χ1n) is 4.64. The molecule has 0 saturated heterocycles. The summed E-state index contributed by atoms with van der Waals surface area (Å²) in [7, 11) is 0. The van der Waals surface area contributed by atoms with Gasteiger partial charge in [0.05, 0.1) is 6.10 Å². The quantitative estimate of drug-likeness (QED) is 0.782. The van der Waals surface area contributed by atoms with Crippen molar-refractivity contribution in [3.63, 3.8) is 0 Å². The van der Waals surface area contributed by atoms with E-state index in [1.165, 1.54) is 13.0 Å². The minimum Gasteiger partial charge on any atom is -0.508 e. The van der Waals surface area contributed by atoms with Crippen LogP contribution in [0, 0.1) is 0 Å². The third-order valence-corrected chi connectivity index (χ3v) is 2.05. The Hall–Kier alpha value is -1.09. The normalized spacial score (nSPS) is 15.1. The Kier molecular flexibility index (Phi) is 3.47. The van der Waals surface area contributed by atoms with E-state index in [4.69, 9.17) is 5.11 Å². The molecule has 1 aromatic rings. The third kappa shape index (κ3) is 2.70. The van der Waals surface area contributed by atoms with E-state index >= 15 is 0 Å². The summed E-state index contributed by atoms with van der Waals surface area (Å²) in [6.07, 6.45) is -1.17. The Morgan fingerprint density at radius 3 is 2.50 bits per heavy atom. The van der Waals surface area contributed by atoms with Crippen LogP contribution in [0.15, 0.2) is 18.2 Å². The van der Waals surface area contributed by atoms with Gasteiger partial charge in [0.2, 0.25) is 0 Å². The molecule has 0 aliphatic heterocycles. The summed E-state index contributed by atoms with van der Waals surface area (Å²) in [6, 6.07) is 4.74. The second-order valence-electron chi connectivity index (χ2n) is 3.56. The molecule has 0 heterocycles. The van der Waals surface area contributed by atoms with Crippen molar-refractivity contribution in [2.75, 3.05) is 0 Å². The number of aliphatic hydroxyl groups is 1. The van der Waals surface area contributed by atoms with E-state index in [1.54, 1.807) is 19.1 Å². The summed E-state index contributed by atoms with van der Waals surface area (Å²) >= 11 is 0. The molecule has 78 valence electrons. The number of phenols is 1. The number of hydrogen-bond donors (Lipinski definition) is 2. The van der Waals surface area contributed by atoms with Crippen LogP contribution in [-0.2, 0) is 6.42 Å². The molecular weight excluding hydrogens is 183 g/mol. The number of aliphatic hydroxyl groups excluding tert-OH is 1. The summed E-state index contributed by atoms with van der Waals surface area (Å²) in [5, 5.41) is 18.5. The fourth-order valence-corrected chi connectivity index (χ4v) is 1.39. The zero-order chi connectivity index (χ0) is 10.7. The lowest BCUT2D eigenvalue weighted by molar-refractivity contribution is 0.195. The van der Waals surface area contributed by atoms with Gasteiger partial charge in [-0.2, -0.15) is 0 Å². The van der Waals surface area contributed by atoms with E-state index in [0.717, 1.165) is 5.56 Å². The lowest BCUT2D eigenvalue weighted by Crippen LogP contribution is -2.04. The van der Waals surface area contributed by atoms with Crippen LogP contribution in [0.25, 0.3) is 0 Å². The van der Waals surface area contributed by atoms with E-state index < -0.39 is 12.3 Å². The zero-order valence-corrected chi connectivity index (χ0v) is 8.37. The van der Waals surface area contributed by atoms with E-state index in [0.29, 0.717) is 6.42 Å². The van der Waals surface area contributed by atoms with E-state index in [-0.39, 0.29) is 11.3 Å². The maximum atomic E-state index is 13.0. The highest BCUT2D eigenvalue weighted by atomic mass is 19.1. The van der Waals surface area contributed by atoms with Crippen molar-refractivity contribution in [1.29, 1.82) is 0 Å². The minimum atomic E-state index is -1.19. The van der Waals surface area contributed by atoms with Crippen LogP contribution in [0.1, 0.15) is 31.1 Å². The molecule has 1 rings (SSSR count). The molecule has 2 unspecified atom stereocenters. The van der Waals surface area contributed by atoms with Crippen molar-refractivity contribution in [3.05, 3.63) is 29.3 Å². The van der Waals surface area contributed by atoms with Crippen molar-refractivity contribution >= 4 is 0 Å². The van der Waals surface area contributed by atoms with Crippen LogP contribution in [0.5, 0.6) is 5.75 Å². The molecular formula is C11H15FO2. The standard InChI is InChI=1S/C11H15FO2/c1-7(13)5-9-3-4-11(14)10(6-9)8(2)12/h3-4,6-8,13-14H,5H2,1-2H3. The molecule has 0 amide bonds. The van der Waals surface area contributed by atoms with Gasteiger partial charge in [-0.15, -0.1) is 0 Å². The molecule has 2 N–H and O–H groups in total. The number of alkyl halides is 1. The van der Waals surface area contributed by atoms with E-state index in [1.807, 2.05) is 0 Å². The Morgan fingerprint density at radius 2 is 2.00 bits per heavy atom. The molecule has 0 radical (unpaired) electrons. The Labute approximate surface area is 83.0 Å². The first kappa shape index (κ1) is 11.0. The summed E-state index contributed by atoms with van der Waals surface area (Å²) < 4.78 is 13.0. The van der Waals surface area contributed by atoms with Crippen LogP contribution in [-0.4, -0.2) is 16.3 Å². The fraction of sp³-hybridized carbons (Fsp3) is 0.455. The van der Waals surface area contributed by atoms with Gasteiger partial charge < -0.3 is 10.2 Å². The van der Waals surface area contributed by atoms with Crippen molar-refractivity contribution in [2.45, 2.75) is 32.5 Å². The van der Waals surface area contributed by atoms with Gasteiger partial charge in [0, 0.05) is 5.56 Å². The molecule has 0 aromatic heterocycles. The van der Waals surface area contributed by atoms with E-state index in [2.05, 4.69) is 0 Å². The third-order valence-electron chi connectivity index (χ3n) is 2.05. The first-order chi connectivity index (χ1) is 6.50. The molecule has 0 spiro atoms. The number of aromatic hydroxyl groups is 1. The Morgan fingerprint density at radius 1 is 1.36 bits per heavy atom. The second-order valence-corrected chi connectivity index (χ2v) is 3.56. The van der Waals surface area contributed by atoms with Gasteiger partial charge in [0.15, 0.2) is 0 Å². The highest BCUT2D eigenvalue weighted by Gasteiger charge is 2.10. The van der Waals surface area contributed by atoms with Crippen molar-refractivity contribution in [2.24, 2.45) is 0 Å². The topological polar surface area (TPSA) is 40.5 Å². The molecule has 2 atom stereocenters. The fourth-order valence-electron chi connectivity index (χ4n) is 1.39. The van der Waals surface area contributed by atoms with Gasteiger partial charge in [0.1, 0.15) is 11.9 Å². The number of hydrogen-bond acceptors (Lipinski definition) is 2. The molecule has 0 aliphatic carbocycles. The largest absolute Gasteiger partial charge is 0.508 e. The highest BCUT2D eigenvalue weighted by Crippen LogP contribution is 2.27. The smallest absolute Gasteiger partial charge is 0.126 e. The van der Waals surface area contributed by atoms with Gasteiger partial charge in [-0.1, -0.05) is 6.07 Å². The molecule has 0 aliphatic rings. The summed E-state index contributed by atoms with van der Waals surface area (Å²) in [6.45, 7) is 3.05. The monoisotopic (exact) mass is 198 g/mol. The summed E-state index contributed by atoms with van der Waals surface area (Å²) in [4.78, 5) is 0.